The highest BCUT2D eigenvalue weighted by atomic mass is 16.7. The summed E-state index contributed by atoms with van der Waals surface area (Å²) in [5.74, 6) is -0.313. The second-order valence-corrected chi connectivity index (χ2v) is 16.2. The van der Waals surface area contributed by atoms with Gasteiger partial charge in [-0.15, -0.1) is 0 Å². The topological polar surface area (TPSA) is 135 Å². The number of allylic oxidation sites excluding steroid dienone is 4. The molecule has 6 unspecified atom stereocenters. The van der Waals surface area contributed by atoms with Crippen LogP contribution in [-0.2, 0) is 23.7 Å². The molecule has 1 fully saturated rings. The van der Waals surface area contributed by atoms with Crippen LogP contribution in [0.3, 0.4) is 0 Å². The molecule has 0 aromatic carbocycles. The molecule has 1 rings (SSSR count). The van der Waals surface area contributed by atoms with Crippen molar-refractivity contribution in [2.24, 2.45) is 0 Å². The molecule has 0 amide bonds. The highest BCUT2D eigenvalue weighted by Gasteiger charge is 2.44. The van der Waals surface area contributed by atoms with E-state index in [0.717, 1.165) is 38.5 Å². The molecule has 1 saturated heterocycles. The number of carbonyl (C=O) groups is 1. The maximum absolute atomic E-state index is 12.8. The smallest absolute Gasteiger partial charge is 0.306 e. The molecule has 330 valence electrons. The molecule has 4 N–H and O–H groups in total. The van der Waals surface area contributed by atoms with E-state index in [0.29, 0.717) is 13.0 Å². The Labute approximate surface area is 343 Å². The van der Waals surface area contributed by atoms with Crippen molar-refractivity contribution in [3.63, 3.8) is 0 Å². The van der Waals surface area contributed by atoms with Crippen LogP contribution in [0.4, 0.5) is 0 Å². The van der Waals surface area contributed by atoms with Crippen LogP contribution in [0.25, 0.3) is 0 Å². The van der Waals surface area contributed by atoms with Gasteiger partial charge in [-0.05, 0) is 44.9 Å². The van der Waals surface area contributed by atoms with Gasteiger partial charge >= 0.3 is 5.97 Å². The molecule has 0 saturated carbocycles. The van der Waals surface area contributed by atoms with E-state index < -0.39 is 43.4 Å². The standard InChI is InChI=1S/C47H88O9/c1-3-5-7-9-11-13-15-17-19-20-21-22-23-25-27-29-31-33-35-37-53-39-41(40-54-47-46(52)45(51)44(50)42(38-48)56-47)55-43(49)36-34-32-30-28-26-24-18-16-14-12-10-8-6-4-2/h13,15,19-20,41-42,44-48,50-52H,3-12,14,16-18,21-40H2,1-2H3/b15-13-,20-19-. The average molecular weight is 797 g/mol. The number of rotatable bonds is 40. The minimum absolute atomic E-state index is 0.112. The van der Waals surface area contributed by atoms with Crippen LogP contribution in [0.2, 0.25) is 0 Å². The van der Waals surface area contributed by atoms with Crippen molar-refractivity contribution in [1.82, 2.24) is 0 Å². The second kappa shape index (κ2) is 39.1. The Balaban J connectivity index is 2.24. The van der Waals surface area contributed by atoms with E-state index in [-0.39, 0.29) is 19.2 Å². The fourth-order valence-electron chi connectivity index (χ4n) is 7.17. The molecular formula is C47H88O9. The van der Waals surface area contributed by atoms with Crippen molar-refractivity contribution in [2.45, 2.75) is 243 Å². The Kier molecular flexibility index (Phi) is 36.8. The number of hydrogen-bond donors (Lipinski definition) is 4. The van der Waals surface area contributed by atoms with Gasteiger partial charge in [0, 0.05) is 13.0 Å². The zero-order chi connectivity index (χ0) is 40.7. The molecule has 6 atom stereocenters. The van der Waals surface area contributed by atoms with Crippen molar-refractivity contribution in [2.75, 3.05) is 26.4 Å². The third-order valence-corrected chi connectivity index (χ3v) is 10.9. The van der Waals surface area contributed by atoms with Crippen LogP contribution >= 0.6 is 0 Å². The number of aliphatic hydroxyl groups is 4. The highest BCUT2D eigenvalue weighted by molar-refractivity contribution is 5.69. The summed E-state index contributed by atoms with van der Waals surface area (Å²) in [6.45, 7) is 4.55. The fourth-order valence-corrected chi connectivity index (χ4v) is 7.17. The number of carbonyl (C=O) groups excluding carboxylic acids is 1. The van der Waals surface area contributed by atoms with E-state index in [9.17, 15) is 25.2 Å². The van der Waals surface area contributed by atoms with Gasteiger partial charge in [-0.1, -0.05) is 179 Å². The first-order valence-electron chi connectivity index (χ1n) is 23.4. The van der Waals surface area contributed by atoms with Gasteiger partial charge in [0.1, 0.15) is 30.5 Å². The van der Waals surface area contributed by atoms with Crippen LogP contribution in [-0.4, -0.2) is 89.6 Å². The van der Waals surface area contributed by atoms with Crippen LogP contribution in [0, 0.1) is 0 Å². The summed E-state index contributed by atoms with van der Waals surface area (Å²) in [6, 6.07) is 0. The summed E-state index contributed by atoms with van der Waals surface area (Å²) in [5.41, 5.74) is 0. The maximum atomic E-state index is 12.8. The van der Waals surface area contributed by atoms with Gasteiger partial charge in [0.15, 0.2) is 6.29 Å². The van der Waals surface area contributed by atoms with E-state index in [2.05, 4.69) is 38.2 Å². The van der Waals surface area contributed by atoms with Crippen LogP contribution in [0.5, 0.6) is 0 Å². The first-order valence-corrected chi connectivity index (χ1v) is 23.4. The first kappa shape index (κ1) is 52.7. The molecular weight excluding hydrogens is 709 g/mol. The summed E-state index contributed by atoms with van der Waals surface area (Å²) < 4.78 is 22.8. The fraction of sp³-hybridized carbons (Fsp3) is 0.894. The number of ether oxygens (including phenoxy) is 4. The third kappa shape index (κ3) is 29.8. The summed E-state index contributed by atoms with van der Waals surface area (Å²) in [7, 11) is 0. The highest BCUT2D eigenvalue weighted by Crippen LogP contribution is 2.23. The zero-order valence-corrected chi connectivity index (χ0v) is 36.1. The number of esters is 1. The Morgan fingerprint density at radius 3 is 1.55 bits per heavy atom. The minimum atomic E-state index is -1.53. The van der Waals surface area contributed by atoms with Crippen molar-refractivity contribution in [3.8, 4) is 0 Å². The molecule has 1 aliphatic heterocycles. The molecule has 1 aliphatic rings. The third-order valence-electron chi connectivity index (χ3n) is 10.9. The first-order chi connectivity index (χ1) is 27.4. The zero-order valence-electron chi connectivity index (χ0n) is 36.1. The van der Waals surface area contributed by atoms with E-state index in [4.69, 9.17) is 18.9 Å². The maximum Gasteiger partial charge on any atom is 0.306 e. The lowest BCUT2D eigenvalue weighted by atomic mass is 9.99. The molecule has 0 aliphatic carbocycles. The SMILES string of the molecule is CCCCCC/C=C\C/C=C\CCCCCCCCCCOCC(COC1OC(CO)C(O)C(O)C1O)OC(=O)CCCCCCCCCCCCCCCC. The van der Waals surface area contributed by atoms with E-state index >= 15 is 0 Å². The van der Waals surface area contributed by atoms with Crippen molar-refractivity contribution in [3.05, 3.63) is 24.3 Å². The molecule has 0 radical (unpaired) electrons. The van der Waals surface area contributed by atoms with Gasteiger partial charge in [0.2, 0.25) is 0 Å². The lowest BCUT2D eigenvalue weighted by Crippen LogP contribution is -2.59. The van der Waals surface area contributed by atoms with Gasteiger partial charge < -0.3 is 39.4 Å². The number of aliphatic hydroxyl groups excluding tert-OH is 4. The van der Waals surface area contributed by atoms with Crippen LogP contribution < -0.4 is 0 Å². The van der Waals surface area contributed by atoms with Gasteiger partial charge in [0.05, 0.1) is 19.8 Å². The number of hydrogen-bond acceptors (Lipinski definition) is 9. The van der Waals surface area contributed by atoms with Gasteiger partial charge in [-0.3, -0.25) is 4.79 Å². The molecule has 0 spiro atoms. The Bertz CT molecular complexity index is 910. The van der Waals surface area contributed by atoms with Gasteiger partial charge in [0.25, 0.3) is 0 Å². The predicted molar refractivity (Wildman–Crippen MR) is 229 cm³/mol. The molecule has 1 heterocycles. The van der Waals surface area contributed by atoms with Gasteiger partial charge in [-0.2, -0.15) is 0 Å². The Morgan fingerprint density at radius 1 is 0.571 bits per heavy atom. The molecule has 0 bridgehead atoms. The van der Waals surface area contributed by atoms with Crippen molar-refractivity contribution >= 4 is 5.97 Å². The van der Waals surface area contributed by atoms with Gasteiger partial charge in [-0.25, -0.2) is 0 Å². The lowest BCUT2D eigenvalue weighted by Gasteiger charge is -2.39. The normalized spacial score (nSPS) is 20.7. The summed E-state index contributed by atoms with van der Waals surface area (Å²) in [4.78, 5) is 12.8. The quantitative estimate of drug-likeness (QED) is 0.0271. The van der Waals surface area contributed by atoms with Crippen molar-refractivity contribution in [1.29, 1.82) is 0 Å². The summed E-state index contributed by atoms with van der Waals surface area (Å²) in [5, 5.41) is 40.1. The van der Waals surface area contributed by atoms with E-state index in [1.165, 1.54) is 148 Å². The molecule has 9 heteroatoms. The van der Waals surface area contributed by atoms with E-state index in [1.807, 2.05) is 0 Å². The van der Waals surface area contributed by atoms with Crippen molar-refractivity contribution < 1.29 is 44.2 Å². The lowest BCUT2D eigenvalue weighted by molar-refractivity contribution is -0.305. The molecule has 0 aromatic rings. The number of unbranched alkanes of at least 4 members (excludes halogenated alkanes) is 25. The summed E-state index contributed by atoms with van der Waals surface area (Å²) >= 11 is 0. The van der Waals surface area contributed by atoms with E-state index in [1.54, 1.807) is 0 Å². The molecule has 56 heavy (non-hydrogen) atoms. The minimum Gasteiger partial charge on any atom is -0.457 e. The largest absolute Gasteiger partial charge is 0.457 e. The Morgan fingerprint density at radius 2 is 1.04 bits per heavy atom. The second-order valence-electron chi connectivity index (χ2n) is 16.2. The van der Waals surface area contributed by atoms with Crippen LogP contribution in [0.1, 0.15) is 206 Å². The average Bonchev–Trinajstić information content (AvgIpc) is 3.20. The molecule has 9 nitrogen and oxygen atoms in total. The van der Waals surface area contributed by atoms with Crippen LogP contribution in [0.15, 0.2) is 24.3 Å². The Hall–Kier alpha value is -1.33. The summed E-state index contributed by atoms with van der Waals surface area (Å²) in [6.07, 6.45) is 37.7. The predicted octanol–water partition coefficient (Wildman–Crippen LogP) is 10.6. The monoisotopic (exact) mass is 797 g/mol. The molecule has 0 aromatic heterocycles.